The van der Waals surface area contributed by atoms with Crippen LogP contribution in [0.15, 0.2) is 5.03 Å². The van der Waals surface area contributed by atoms with Gasteiger partial charge in [-0.05, 0) is 19.8 Å². The zero-order valence-electron chi connectivity index (χ0n) is 11.2. The fourth-order valence-corrected chi connectivity index (χ4v) is 4.00. The molecule has 0 aliphatic carbocycles. The molecule has 0 unspecified atom stereocenters. The molecule has 1 aromatic heterocycles. The van der Waals surface area contributed by atoms with E-state index in [4.69, 9.17) is 11.6 Å². The summed E-state index contributed by atoms with van der Waals surface area (Å²) in [4.78, 5) is 0. The molecule has 0 aliphatic rings. The summed E-state index contributed by atoms with van der Waals surface area (Å²) >= 11 is 5.79. The maximum atomic E-state index is 12.5. The van der Waals surface area contributed by atoms with E-state index in [9.17, 15) is 8.42 Å². The molecule has 18 heavy (non-hydrogen) atoms. The smallest absolute Gasteiger partial charge is 0.262 e. The Morgan fingerprint density at radius 2 is 1.94 bits per heavy atom. The second-order valence-electron chi connectivity index (χ2n) is 4.26. The van der Waals surface area contributed by atoms with E-state index in [-0.39, 0.29) is 16.9 Å². The highest BCUT2D eigenvalue weighted by Gasteiger charge is 2.31. The molecular weight excluding hydrogens is 274 g/mol. The van der Waals surface area contributed by atoms with Crippen molar-refractivity contribution in [3.8, 4) is 0 Å². The van der Waals surface area contributed by atoms with Gasteiger partial charge in [-0.3, -0.25) is 5.10 Å². The lowest BCUT2D eigenvalue weighted by atomic mass is 10.2. The predicted octanol–water partition coefficient (Wildman–Crippen LogP) is 2.27. The van der Waals surface area contributed by atoms with Gasteiger partial charge in [0.15, 0.2) is 5.03 Å². The van der Waals surface area contributed by atoms with E-state index in [1.807, 2.05) is 13.8 Å². The van der Waals surface area contributed by atoms with Gasteiger partial charge in [-0.1, -0.05) is 13.8 Å². The van der Waals surface area contributed by atoms with Crippen LogP contribution in [0.3, 0.4) is 0 Å². The summed E-state index contributed by atoms with van der Waals surface area (Å²) in [6, 6.07) is -0.0184. The molecule has 1 rings (SSSR count). The number of aromatic nitrogens is 2. The van der Waals surface area contributed by atoms with Gasteiger partial charge < -0.3 is 0 Å². The number of alkyl halides is 1. The minimum Gasteiger partial charge on any atom is -0.281 e. The van der Waals surface area contributed by atoms with Crippen molar-refractivity contribution in [1.82, 2.24) is 14.5 Å². The lowest BCUT2D eigenvalue weighted by Gasteiger charge is -2.24. The number of H-pyrrole nitrogens is 1. The van der Waals surface area contributed by atoms with Crippen LogP contribution >= 0.6 is 11.6 Å². The Morgan fingerprint density at radius 3 is 2.39 bits per heavy atom. The van der Waals surface area contributed by atoms with Crippen molar-refractivity contribution in [2.75, 3.05) is 7.05 Å². The Balaban J connectivity index is 3.21. The minimum atomic E-state index is -3.58. The Kier molecular flexibility index (Phi) is 5.19. The van der Waals surface area contributed by atoms with Gasteiger partial charge >= 0.3 is 0 Å². The molecular formula is C11H20ClN3O2S. The van der Waals surface area contributed by atoms with E-state index < -0.39 is 10.0 Å². The van der Waals surface area contributed by atoms with Crippen LogP contribution in [0.25, 0.3) is 0 Å². The van der Waals surface area contributed by atoms with Gasteiger partial charge in [0.25, 0.3) is 10.0 Å². The molecule has 0 aliphatic heterocycles. The number of aromatic amines is 1. The van der Waals surface area contributed by atoms with E-state index in [1.165, 1.54) is 4.31 Å². The molecule has 0 amide bonds. The maximum absolute atomic E-state index is 12.5. The van der Waals surface area contributed by atoms with Gasteiger partial charge in [0.05, 0.1) is 5.88 Å². The summed E-state index contributed by atoms with van der Waals surface area (Å²) in [5.41, 5.74) is 1.25. The fourth-order valence-electron chi connectivity index (χ4n) is 1.94. The zero-order chi connectivity index (χ0) is 13.9. The van der Waals surface area contributed by atoms with Crippen molar-refractivity contribution in [2.45, 2.75) is 50.6 Å². The van der Waals surface area contributed by atoms with Gasteiger partial charge in [0.2, 0.25) is 0 Å². The average Bonchev–Trinajstić information content (AvgIpc) is 2.72. The third-order valence-corrected chi connectivity index (χ3v) is 5.40. The molecule has 0 fully saturated rings. The highest BCUT2D eigenvalue weighted by molar-refractivity contribution is 7.89. The third-order valence-electron chi connectivity index (χ3n) is 3.25. The molecule has 0 bridgehead atoms. The summed E-state index contributed by atoms with van der Waals surface area (Å²) in [6.45, 7) is 5.71. The number of aryl methyl sites for hydroxylation is 1. The van der Waals surface area contributed by atoms with Crippen LogP contribution in [-0.4, -0.2) is 36.0 Å². The number of halogens is 1. The monoisotopic (exact) mass is 293 g/mol. The number of nitrogens with zero attached hydrogens (tertiary/aromatic N) is 2. The molecule has 0 spiro atoms. The quantitative estimate of drug-likeness (QED) is 0.818. The van der Waals surface area contributed by atoms with Crippen LogP contribution in [0.1, 0.15) is 37.9 Å². The van der Waals surface area contributed by atoms with Crippen molar-refractivity contribution in [2.24, 2.45) is 0 Å². The molecule has 0 radical (unpaired) electrons. The normalized spacial score (nSPS) is 12.6. The van der Waals surface area contributed by atoms with E-state index in [2.05, 4.69) is 10.2 Å². The number of hydrogen-bond donors (Lipinski definition) is 1. The minimum absolute atomic E-state index is 0.0184. The highest BCUT2D eigenvalue weighted by Crippen LogP contribution is 2.23. The van der Waals surface area contributed by atoms with E-state index in [0.717, 1.165) is 12.8 Å². The first kappa shape index (κ1) is 15.5. The number of hydrogen-bond acceptors (Lipinski definition) is 3. The van der Waals surface area contributed by atoms with Crippen LogP contribution in [0.5, 0.6) is 0 Å². The lowest BCUT2D eigenvalue weighted by molar-refractivity contribution is 0.348. The summed E-state index contributed by atoms with van der Waals surface area (Å²) in [6.07, 6.45) is 1.54. The first-order valence-electron chi connectivity index (χ1n) is 5.97. The molecule has 0 saturated carbocycles. The zero-order valence-corrected chi connectivity index (χ0v) is 12.8. The number of nitrogens with one attached hydrogen (secondary N) is 1. The van der Waals surface area contributed by atoms with Crippen LogP contribution in [0.4, 0.5) is 0 Å². The number of rotatable bonds is 6. The summed E-state index contributed by atoms with van der Waals surface area (Å²) in [5, 5.41) is 6.62. The third kappa shape index (κ3) is 2.70. The predicted molar refractivity (Wildman–Crippen MR) is 72.2 cm³/mol. The van der Waals surface area contributed by atoms with Crippen molar-refractivity contribution >= 4 is 21.6 Å². The molecule has 1 heterocycles. The second-order valence-corrected chi connectivity index (χ2v) is 6.44. The van der Waals surface area contributed by atoms with Gasteiger partial charge in [-0.25, -0.2) is 8.42 Å². The fraction of sp³-hybridized carbons (Fsp3) is 0.727. The van der Waals surface area contributed by atoms with Crippen LogP contribution < -0.4 is 0 Å². The SMILES string of the molecule is CCC(CC)N(C)S(=O)(=O)c1n[nH]c(C)c1CCl. The summed E-state index contributed by atoms with van der Waals surface area (Å²) < 4.78 is 26.3. The van der Waals surface area contributed by atoms with E-state index in [0.29, 0.717) is 11.3 Å². The van der Waals surface area contributed by atoms with Crippen molar-refractivity contribution < 1.29 is 8.42 Å². The molecule has 1 N–H and O–H groups in total. The molecule has 0 atom stereocenters. The molecule has 7 heteroatoms. The van der Waals surface area contributed by atoms with Crippen LogP contribution in [-0.2, 0) is 15.9 Å². The van der Waals surface area contributed by atoms with Crippen LogP contribution in [0, 0.1) is 6.92 Å². The standard InChI is InChI=1S/C11H20ClN3O2S/c1-5-9(6-2)15(4)18(16,17)11-10(7-12)8(3)13-14-11/h9H,5-7H2,1-4H3,(H,13,14). The summed E-state index contributed by atoms with van der Waals surface area (Å²) in [5.74, 6) is 0.133. The average molecular weight is 294 g/mol. The largest absolute Gasteiger partial charge is 0.281 e. The van der Waals surface area contributed by atoms with Crippen molar-refractivity contribution in [3.05, 3.63) is 11.3 Å². The van der Waals surface area contributed by atoms with Crippen LogP contribution in [0.2, 0.25) is 0 Å². The Morgan fingerprint density at radius 1 is 1.39 bits per heavy atom. The lowest BCUT2D eigenvalue weighted by Crippen LogP contribution is -2.36. The van der Waals surface area contributed by atoms with Gasteiger partial charge in [-0.15, -0.1) is 11.6 Å². The molecule has 5 nitrogen and oxygen atoms in total. The maximum Gasteiger partial charge on any atom is 0.262 e. The van der Waals surface area contributed by atoms with E-state index >= 15 is 0 Å². The van der Waals surface area contributed by atoms with Gasteiger partial charge in [0.1, 0.15) is 0 Å². The molecule has 1 aromatic rings. The first-order chi connectivity index (χ1) is 8.39. The molecule has 0 saturated heterocycles. The Hall–Kier alpha value is -0.590. The Labute approximate surface area is 114 Å². The second kappa shape index (κ2) is 6.04. The van der Waals surface area contributed by atoms with Gasteiger partial charge in [0, 0.05) is 24.3 Å². The highest BCUT2D eigenvalue weighted by atomic mass is 35.5. The first-order valence-corrected chi connectivity index (χ1v) is 7.95. The number of sulfonamides is 1. The molecule has 104 valence electrons. The Bertz CT molecular complexity index is 494. The summed E-state index contributed by atoms with van der Waals surface area (Å²) in [7, 11) is -1.99. The van der Waals surface area contributed by atoms with Crippen molar-refractivity contribution in [3.63, 3.8) is 0 Å². The molecule has 0 aromatic carbocycles. The van der Waals surface area contributed by atoms with E-state index in [1.54, 1.807) is 14.0 Å². The van der Waals surface area contributed by atoms with Crippen molar-refractivity contribution in [1.29, 1.82) is 0 Å². The van der Waals surface area contributed by atoms with Gasteiger partial charge in [-0.2, -0.15) is 9.40 Å². The topological polar surface area (TPSA) is 66.1 Å².